The van der Waals surface area contributed by atoms with Gasteiger partial charge in [-0.15, -0.1) is 24.0 Å². The van der Waals surface area contributed by atoms with Gasteiger partial charge in [-0.3, -0.25) is 4.68 Å². The molecule has 0 saturated carbocycles. The molecule has 2 aromatic rings. The van der Waals surface area contributed by atoms with E-state index in [1.807, 2.05) is 30.7 Å². The average molecular weight is 487 g/mol. The highest BCUT2D eigenvalue weighted by molar-refractivity contribution is 14.0. The summed E-state index contributed by atoms with van der Waals surface area (Å²) >= 11 is 0. The summed E-state index contributed by atoms with van der Waals surface area (Å²) in [6.45, 7) is 8.89. The SMILES string of the molecule is CCNC(=NCc1cccc(OC)c1O)NCCCn1nc(C)cc1C.I. The third kappa shape index (κ3) is 6.93. The summed E-state index contributed by atoms with van der Waals surface area (Å²) in [5.74, 6) is 1.32. The summed E-state index contributed by atoms with van der Waals surface area (Å²) < 4.78 is 7.16. The highest BCUT2D eigenvalue weighted by Gasteiger charge is 2.07. The molecule has 0 fully saturated rings. The van der Waals surface area contributed by atoms with Crippen LogP contribution in [0.2, 0.25) is 0 Å². The molecule has 0 aliphatic heterocycles. The van der Waals surface area contributed by atoms with E-state index < -0.39 is 0 Å². The number of nitrogens with zero attached hydrogens (tertiary/aromatic N) is 3. The molecule has 1 aromatic heterocycles. The Morgan fingerprint density at radius 3 is 2.70 bits per heavy atom. The zero-order valence-corrected chi connectivity index (χ0v) is 18.8. The monoisotopic (exact) mass is 487 g/mol. The lowest BCUT2D eigenvalue weighted by Crippen LogP contribution is -2.38. The number of hydrogen-bond donors (Lipinski definition) is 3. The number of halogens is 1. The summed E-state index contributed by atoms with van der Waals surface area (Å²) in [7, 11) is 1.54. The number of aryl methyl sites for hydroxylation is 3. The fourth-order valence-electron chi connectivity index (χ4n) is 2.70. The Kier molecular flexibility index (Phi) is 9.98. The van der Waals surface area contributed by atoms with E-state index in [-0.39, 0.29) is 29.7 Å². The molecule has 3 N–H and O–H groups in total. The molecule has 0 aliphatic carbocycles. The number of aliphatic imine (C=N–C) groups is 1. The summed E-state index contributed by atoms with van der Waals surface area (Å²) in [6, 6.07) is 7.50. The van der Waals surface area contributed by atoms with Gasteiger partial charge in [0.2, 0.25) is 0 Å². The van der Waals surface area contributed by atoms with Crippen molar-refractivity contribution < 1.29 is 9.84 Å². The molecule has 0 bridgehead atoms. The van der Waals surface area contributed by atoms with Crippen LogP contribution in [0.3, 0.4) is 0 Å². The number of methoxy groups -OCH3 is 1. The van der Waals surface area contributed by atoms with Crippen molar-refractivity contribution in [3.63, 3.8) is 0 Å². The molecular weight excluding hydrogens is 457 g/mol. The summed E-state index contributed by atoms with van der Waals surface area (Å²) in [5.41, 5.74) is 2.95. The van der Waals surface area contributed by atoms with Gasteiger partial charge in [0, 0.05) is 30.9 Å². The molecule has 0 atom stereocenters. The molecule has 0 unspecified atom stereocenters. The number of benzene rings is 1. The van der Waals surface area contributed by atoms with E-state index in [0.717, 1.165) is 43.3 Å². The molecule has 150 valence electrons. The van der Waals surface area contributed by atoms with Crippen molar-refractivity contribution in [1.29, 1.82) is 0 Å². The molecule has 27 heavy (non-hydrogen) atoms. The lowest BCUT2D eigenvalue weighted by Gasteiger charge is -2.12. The first-order valence-electron chi connectivity index (χ1n) is 8.93. The zero-order valence-electron chi connectivity index (χ0n) is 16.5. The van der Waals surface area contributed by atoms with Gasteiger partial charge in [-0.2, -0.15) is 5.10 Å². The van der Waals surface area contributed by atoms with Gasteiger partial charge in [0.05, 0.1) is 19.3 Å². The van der Waals surface area contributed by atoms with Crippen molar-refractivity contribution in [2.75, 3.05) is 20.2 Å². The fraction of sp³-hybridized carbons (Fsp3) is 0.474. The second-order valence-corrected chi connectivity index (χ2v) is 6.09. The maximum atomic E-state index is 10.2. The molecule has 1 aromatic carbocycles. The van der Waals surface area contributed by atoms with Gasteiger partial charge in [0.1, 0.15) is 0 Å². The maximum Gasteiger partial charge on any atom is 0.191 e. The van der Waals surface area contributed by atoms with Crippen molar-refractivity contribution in [3.8, 4) is 11.5 Å². The highest BCUT2D eigenvalue weighted by atomic mass is 127. The van der Waals surface area contributed by atoms with Crippen molar-refractivity contribution in [2.45, 2.75) is 40.3 Å². The van der Waals surface area contributed by atoms with Crippen LogP contribution < -0.4 is 15.4 Å². The number of ether oxygens (including phenoxy) is 1. The molecule has 0 amide bonds. The van der Waals surface area contributed by atoms with Crippen LogP contribution in [-0.2, 0) is 13.1 Å². The lowest BCUT2D eigenvalue weighted by molar-refractivity contribution is 0.370. The Balaban J connectivity index is 0.00000364. The van der Waals surface area contributed by atoms with E-state index in [2.05, 4.69) is 33.7 Å². The molecule has 1 heterocycles. The minimum atomic E-state index is 0. The van der Waals surface area contributed by atoms with Gasteiger partial charge in [0.25, 0.3) is 0 Å². The normalized spacial score (nSPS) is 11.0. The average Bonchev–Trinajstić information content (AvgIpc) is 2.94. The van der Waals surface area contributed by atoms with E-state index in [1.54, 1.807) is 6.07 Å². The Bertz CT molecular complexity index is 746. The highest BCUT2D eigenvalue weighted by Crippen LogP contribution is 2.29. The summed E-state index contributed by atoms with van der Waals surface area (Å²) in [6.07, 6.45) is 0.941. The van der Waals surface area contributed by atoms with Gasteiger partial charge < -0.3 is 20.5 Å². The number of rotatable bonds is 8. The third-order valence-electron chi connectivity index (χ3n) is 4.00. The number of aromatic hydroxyl groups is 1. The van der Waals surface area contributed by atoms with Gasteiger partial charge in [-0.25, -0.2) is 4.99 Å². The number of guanidine groups is 1. The molecule has 0 saturated heterocycles. The number of phenolic OH excluding ortho intramolecular Hbond substituents is 1. The van der Waals surface area contributed by atoms with E-state index in [1.165, 1.54) is 12.8 Å². The number of aromatic nitrogens is 2. The molecule has 7 nitrogen and oxygen atoms in total. The van der Waals surface area contributed by atoms with E-state index in [0.29, 0.717) is 12.3 Å². The van der Waals surface area contributed by atoms with Crippen molar-refractivity contribution in [3.05, 3.63) is 41.2 Å². The first kappa shape index (κ1) is 23.1. The minimum Gasteiger partial charge on any atom is -0.504 e. The van der Waals surface area contributed by atoms with Crippen molar-refractivity contribution in [1.82, 2.24) is 20.4 Å². The van der Waals surface area contributed by atoms with E-state index in [9.17, 15) is 5.11 Å². The van der Waals surface area contributed by atoms with Gasteiger partial charge in [-0.05, 0) is 39.3 Å². The zero-order chi connectivity index (χ0) is 18.9. The van der Waals surface area contributed by atoms with Crippen LogP contribution >= 0.6 is 24.0 Å². The smallest absolute Gasteiger partial charge is 0.191 e. The first-order chi connectivity index (χ1) is 12.5. The summed E-state index contributed by atoms with van der Waals surface area (Å²) in [5, 5.41) is 21.2. The minimum absolute atomic E-state index is 0. The van der Waals surface area contributed by atoms with Crippen LogP contribution in [0.1, 0.15) is 30.3 Å². The van der Waals surface area contributed by atoms with Crippen molar-refractivity contribution in [2.24, 2.45) is 4.99 Å². The number of nitrogens with one attached hydrogen (secondary N) is 2. The van der Waals surface area contributed by atoms with E-state index in [4.69, 9.17) is 4.74 Å². The van der Waals surface area contributed by atoms with Gasteiger partial charge in [0.15, 0.2) is 17.5 Å². The number of phenols is 1. The van der Waals surface area contributed by atoms with Crippen LogP contribution in [0.15, 0.2) is 29.3 Å². The Labute approximate surface area is 178 Å². The van der Waals surface area contributed by atoms with Crippen LogP contribution in [0.5, 0.6) is 11.5 Å². The quantitative estimate of drug-likeness (QED) is 0.231. The summed E-state index contributed by atoms with van der Waals surface area (Å²) in [4.78, 5) is 4.54. The standard InChI is InChI=1S/C19H29N5O2.HI/c1-5-20-19(21-10-7-11-24-15(3)12-14(2)23-24)22-13-16-8-6-9-17(26-4)18(16)25;/h6,8-9,12,25H,5,7,10-11,13H2,1-4H3,(H2,20,21,22);1H. The van der Waals surface area contributed by atoms with Gasteiger partial charge in [-0.1, -0.05) is 12.1 Å². The first-order valence-corrected chi connectivity index (χ1v) is 8.93. The molecule has 0 aliphatic rings. The Morgan fingerprint density at radius 2 is 2.07 bits per heavy atom. The molecule has 8 heteroatoms. The van der Waals surface area contributed by atoms with Crippen LogP contribution in [0.25, 0.3) is 0 Å². The van der Waals surface area contributed by atoms with Crippen LogP contribution in [0.4, 0.5) is 0 Å². The Morgan fingerprint density at radius 1 is 1.30 bits per heavy atom. The maximum absolute atomic E-state index is 10.2. The van der Waals surface area contributed by atoms with E-state index >= 15 is 0 Å². The van der Waals surface area contributed by atoms with Crippen LogP contribution in [0, 0.1) is 13.8 Å². The van der Waals surface area contributed by atoms with Crippen molar-refractivity contribution >= 4 is 29.9 Å². The second-order valence-electron chi connectivity index (χ2n) is 6.09. The largest absolute Gasteiger partial charge is 0.504 e. The second kappa shape index (κ2) is 11.7. The fourth-order valence-corrected chi connectivity index (χ4v) is 2.70. The number of para-hydroxylation sites is 1. The van der Waals surface area contributed by atoms with Crippen LogP contribution in [-0.4, -0.2) is 41.0 Å². The molecule has 0 spiro atoms. The number of hydrogen-bond acceptors (Lipinski definition) is 4. The lowest BCUT2D eigenvalue weighted by atomic mass is 10.2. The molecule has 0 radical (unpaired) electrons. The molecular formula is C19H30IN5O2. The molecule has 2 rings (SSSR count). The predicted octanol–water partition coefficient (Wildman–Crippen LogP) is 2.98. The topological polar surface area (TPSA) is 83.7 Å². The Hall–Kier alpha value is -1.97. The third-order valence-corrected chi connectivity index (χ3v) is 4.00. The predicted molar refractivity (Wildman–Crippen MR) is 119 cm³/mol. The van der Waals surface area contributed by atoms with Gasteiger partial charge >= 0.3 is 0 Å².